The first-order valence-corrected chi connectivity index (χ1v) is 6.67. The van der Waals surface area contributed by atoms with Crippen LogP contribution in [0.1, 0.15) is 5.56 Å². The van der Waals surface area contributed by atoms with Crippen molar-refractivity contribution in [2.24, 2.45) is 0 Å². The predicted octanol–water partition coefficient (Wildman–Crippen LogP) is 0.253. The zero-order valence-corrected chi connectivity index (χ0v) is 11.7. The normalized spacial score (nSPS) is 25.4. The quantitative estimate of drug-likeness (QED) is 0.765. The number of hydrogen-bond donors (Lipinski definition) is 2. The van der Waals surface area contributed by atoms with Crippen LogP contribution in [0, 0.1) is 0 Å². The molecule has 1 aromatic carbocycles. The number of thiocarbonyl (C=S) groups is 1. The van der Waals surface area contributed by atoms with Crippen LogP contribution in [0.2, 0.25) is 0 Å². The maximum atomic E-state index is 12.1. The SMILES string of the molecule is CN1C(=O)NC(=O)C2C1NC(=S)N2Cc1ccccc1. The van der Waals surface area contributed by atoms with Crippen molar-refractivity contribution in [1.82, 2.24) is 20.4 Å². The standard InChI is InChI=1S/C13H14N4O2S/c1-16-10-9(11(18)15-12(16)19)17(13(20)14-10)7-8-5-3-2-4-6-8/h2-6,9-10H,7H2,1H3,(H,14,20)(H,15,18,19). The predicted molar refractivity (Wildman–Crippen MR) is 76.6 cm³/mol. The van der Waals surface area contributed by atoms with E-state index < -0.39 is 18.2 Å². The van der Waals surface area contributed by atoms with Gasteiger partial charge in [0.15, 0.2) is 5.11 Å². The number of likely N-dealkylation sites (N-methyl/N-ethyl adjacent to an activating group) is 1. The van der Waals surface area contributed by atoms with Gasteiger partial charge in [-0.15, -0.1) is 0 Å². The summed E-state index contributed by atoms with van der Waals surface area (Å²) in [6.45, 7) is 0.531. The van der Waals surface area contributed by atoms with Gasteiger partial charge in [0.2, 0.25) is 0 Å². The Morgan fingerprint density at radius 1 is 1.25 bits per heavy atom. The minimum atomic E-state index is -0.495. The molecule has 3 rings (SSSR count). The first kappa shape index (κ1) is 12.9. The highest BCUT2D eigenvalue weighted by Crippen LogP contribution is 2.22. The zero-order chi connectivity index (χ0) is 14.3. The van der Waals surface area contributed by atoms with Crippen LogP contribution >= 0.6 is 12.2 Å². The van der Waals surface area contributed by atoms with Gasteiger partial charge in [-0.3, -0.25) is 10.1 Å². The topological polar surface area (TPSA) is 64.7 Å². The van der Waals surface area contributed by atoms with Crippen LogP contribution in [0.3, 0.4) is 0 Å². The van der Waals surface area contributed by atoms with Crippen molar-refractivity contribution in [1.29, 1.82) is 0 Å². The third-order valence-electron chi connectivity index (χ3n) is 3.60. The van der Waals surface area contributed by atoms with E-state index in [0.717, 1.165) is 5.56 Å². The fourth-order valence-corrected chi connectivity index (χ4v) is 2.82. The number of benzene rings is 1. The van der Waals surface area contributed by atoms with E-state index >= 15 is 0 Å². The van der Waals surface area contributed by atoms with Crippen molar-refractivity contribution < 1.29 is 9.59 Å². The third kappa shape index (κ3) is 2.00. The van der Waals surface area contributed by atoms with Gasteiger partial charge in [0, 0.05) is 13.6 Å². The fraction of sp³-hybridized carbons (Fsp3) is 0.308. The van der Waals surface area contributed by atoms with E-state index in [2.05, 4.69) is 10.6 Å². The number of nitrogens with one attached hydrogen (secondary N) is 2. The average Bonchev–Trinajstić information content (AvgIpc) is 2.75. The Kier molecular flexibility index (Phi) is 3.06. The lowest BCUT2D eigenvalue weighted by molar-refractivity contribution is -0.127. The lowest BCUT2D eigenvalue weighted by Gasteiger charge is -2.35. The van der Waals surface area contributed by atoms with Crippen molar-refractivity contribution in [3.8, 4) is 0 Å². The van der Waals surface area contributed by atoms with Crippen molar-refractivity contribution in [3.63, 3.8) is 0 Å². The van der Waals surface area contributed by atoms with E-state index in [4.69, 9.17) is 12.2 Å². The van der Waals surface area contributed by atoms with Crippen LogP contribution in [0.25, 0.3) is 0 Å². The van der Waals surface area contributed by atoms with Crippen LogP contribution in [-0.2, 0) is 11.3 Å². The number of rotatable bonds is 2. The summed E-state index contributed by atoms with van der Waals surface area (Å²) in [5, 5.41) is 5.87. The molecule has 2 aliphatic heterocycles. The molecule has 6 nitrogen and oxygen atoms in total. The van der Waals surface area contributed by atoms with Gasteiger partial charge in [-0.1, -0.05) is 30.3 Å². The second-order valence-electron chi connectivity index (χ2n) is 4.86. The maximum absolute atomic E-state index is 12.1. The van der Waals surface area contributed by atoms with Crippen LogP contribution in [0.15, 0.2) is 30.3 Å². The molecule has 2 fully saturated rings. The lowest BCUT2D eigenvalue weighted by Crippen LogP contribution is -2.64. The summed E-state index contributed by atoms with van der Waals surface area (Å²) in [6, 6.07) is 8.87. The van der Waals surface area contributed by atoms with E-state index in [1.165, 1.54) is 4.90 Å². The van der Waals surface area contributed by atoms with E-state index in [1.54, 1.807) is 7.05 Å². The molecule has 0 spiro atoms. The Bertz CT molecular complexity index is 577. The molecule has 3 amide bonds. The molecular weight excluding hydrogens is 276 g/mol. The summed E-state index contributed by atoms with van der Waals surface area (Å²) in [4.78, 5) is 27.0. The molecule has 20 heavy (non-hydrogen) atoms. The average molecular weight is 290 g/mol. The van der Waals surface area contributed by atoms with E-state index in [1.807, 2.05) is 35.2 Å². The number of imide groups is 1. The Labute approximate surface area is 121 Å². The van der Waals surface area contributed by atoms with Crippen molar-refractivity contribution in [2.45, 2.75) is 18.8 Å². The molecule has 104 valence electrons. The van der Waals surface area contributed by atoms with E-state index in [-0.39, 0.29) is 5.91 Å². The Morgan fingerprint density at radius 2 is 1.95 bits per heavy atom. The Balaban J connectivity index is 1.87. The number of hydrogen-bond acceptors (Lipinski definition) is 3. The van der Waals surface area contributed by atoms with Crippen LogP contribution < -0.4 is 10.6 Å². The number of urea groups is 1. The molecule has 2 unspecified atom stereocenters. The van der Waals surface area contributed by atoms with Crippen molar-refractivity contribution in [2.75, 3.05) is 7.05 Å². The van der Waals surface area contributed by atoms with Gasteiger partial charge < -0.3 is 15.1 Å². The molecule has 2 aliphatic rings. The highest BCUT2D eigenvalue weighted by atomic mass is 32.1. The summed E-state index contributed by atoms with van der Waals surface area (Å²) in [7, 11) is 1.64. The number of carbonyl (C=O) groups excluding carboxylic acids is 2. The molecule has 2 heterocycles. The monoisotopic (exact) mass is 290 g/mol. The fourth-order valence-electron chi connectivity index (χ4n) is 2.52. The number of amides is 3. The van der Waals surface area contributed by atoms with Crippen molar-refractivity contribution in [3.05, 3.63) is 35.9 Å². The molecular formula is C13H14N4O2S. The minimum Gasteiger partial charge on any atom is -0.340 e. The molecule has 0 aliphatic carbocycles. The summed E-state index contributed by atoms with van der Waals surface area (Å²) < 4.78 is 0. The molecule has 0 saturated carbocycles. The minimum absolute atomic E-state index is 0.318. The van der Waals surface area contributed by atoms with Gasteiger partial charge in [-0.2, -0.15) is 0 Å². The largest absolute Gasteiger partial charge is 0.340 e. The Hall–Kier alpha value is -2.15. The highest BCUT2D eigenvalue weighted by molar-refractivity contribution is 7.80. The number of carbonyl (C=O) groups is 2. The van der Waals surface area contributed by atoms with Crippen LogP contribution in [0.4, 0.5) is 4.79 Å². The second kappa shape index (κ2) is 4.75. The van der Waals surface area contributed by atoms with Gasteiger partial charge in [0.25, 0.3) is 5.91 Å². The molecule has 1 aromatic rings. The lowest BCUT2D eigenvalue weighted by atomic mass is 10.1. The molecule has 0 bridgehead atoms. The summed E-state index contributed by atoms with van der Waals surface area (Å²) in [5.74, 6) is -0.318. The molecule has 2 saturated heterocycles. The van der Waals surface area contributed by atoms with E-state index in [0.29, 0.717) is 11.7 Å². The third-order valence-corrected chi connectivity index (χ3v) is 3.95. The van der Waals surface area contributed by atoms with Gasteiger partial charge in [0.1, 0.15) is 12.2 Å². The van der Waals surface area contributed by atoms with Crippen LogP contribution in [-0.4, -0.2) is 46.1 Å². The van der Waals surface area contributed by atoms with Crippen molar-refractivity contribution >= 4 is 29.3 Å². The number of fused-ring (bicyclic) bond motifs is 1. The summed E-state index contributed by atoms with van der Waals surface area (Å²) in [6.07, 6.45) is -0.410. The summed E-state index contributed by atoms with van der Waals surface area (Å²) in [5.41, 5.74) is 1.06. The van der Waals surface area contributed by atoms with Gasteiger partial charge >= 0.3 is 6.03 Å². The molecule has 2 N–H and O–H groups in total. The molecule has 2 atom stereocenters. The first-order chi connectivity index (χ1) is 9.58. The first-order valence-electron chi connectivity index (χ1n) is 6.26. The highest BCUT2D eigenvalue weighted by Gasteiger charge is 2.49. The molecule has 0 aromatic heterocycles. The second-order valence-corrected chi connectivity index (χ2v) is 5.24. The van der Waals surface area contributed by atoms with E-state index in [9.17, 15) is 9.59 Å². The Morgan fingerprint density at radius 3 is 2.65 bits per heavy atom. The number of nitrogens with zero attached hydrogens (tertiary/aromatic N) is 2. The maximum Gasteiger partial charge on any atom is 0.325 e. The van der Waals surface area contributed by atoms with Gasteiger partial charge in [0.05, 0.1) is 0 Å². The van der Waals surface area contributed by atoms with Crippen LogP contribution in [0.5, 0.6) is 0 Å². The summed E-state index contributed by atoms with van der Waals surface area (Å²) >= 11 is 5.30. The molecule has 7 heteroatoms. The van der Waals surface area contributed by atoms with Gasteiger partial charge in [-0.05, 0) is 17.8 Å². The van der Waals surface area contributed by atoms with Gasteiger partial charge in [-0.25, -0.2) is 4.79 Å². The molecule has 0 radical (unpaired) electrons. The smallest absolute Gasteiger partial charge is 0.325 e. The zero-order valence-electron chi connectivity index (χ0n) is 10.9.